The number of sulfonamides is 1. The van der Waals surface area contributed by atoms with Crippen LogP contribution in [0.1, 0.15) is 6.92 Å². The molecule has 0 fully saturated rings. The van der Waals surface area contributed by atoms with Crippen LogP contribution in [0.3, 0.4) is 0 Å². The van der Waals surface area contributed by atoms with E-state index in [0.717, 1.165) is 11.1 Å². The van der Waals surface area contributed by atoms with Gasteiger partial charge < -0.3 is 9.74 Å². The predicted octanol–water partition coefficient (Wildman–Crippen LogP) is 2.24. The van der Waals surface area contributed by atoms with Crippen LogP contribution in [0.4, 0.5) is 5.69 Å². The lowest BCUT2D eigenvalue weighted by molar-refractivity contribution is -0.125. The van der Waals surface area contributed by atoms with Crippen molar-refractivity contribution in [3.05, 3.63) is 47.1 Å². The Labute approximate surface area is 160 Å². The Kier molecular flexibility index (Phi) is 4.72. The van der Waals surface area contributed by atoms with Gasteiger partial charge in [-0.05, 0) is 35.0 Å². The van der Waals surface area contributed by atoms with Crippen LogP contribution < -0.4 is 15.1 Å². The standard InChI is InChI=1S/C17H18BrN3O4S/c1-17(15(18)10-25-20-17)16(22)19-26(23,24)14-9-5-6-11-12(14)7-4-8-13(11)21(2)3/h4-10,20H,1-3H3,(H,19,22). The molecule has 3 rings (SSSR count). The maximum absolute atomic E-state index is 12.9. The molecule has 7 nitrogen and oxygen atoms in total. The zero-order valence-electron chi connectivity index (χ0n) is 14.4. The van der Waals surface area contributed by atoms with Crippen molar-refractivity contribution in [2.45, 2.75) is 17.4 Å². The number of hydroxylamine groups is 1. The summed E-state index contributed by atoms with van der Waals surface area (Å²) in [5.41, 5.74) is 2.05. The fourth-order valence-electron chi connectivity index (χ4n) is 2.69. The molecule has 1 amide bonds. The van der Waals surface area contributed by atoms with Crippen LogP contribution in [0.25, 0.3) is 10.8 Å². The highest BCUT2D eigenvalue weighted by Crippen LogP contribution is 2.31. The molecule has 9 heteroatoms. The number of benzene rings is 2. The van der Waals surface area contributed by atoms with Gasteiger partial charge in [-0.2, -0.15) is 0 Å². The molecule has 0 aliphatic carbocycles. The summed E-state index contributed by atoms with van der Waals surface area (Å²) in [5.74, 6) is -0.751. The number of nitrogens with zero attached hydrogens (tertiary/aromatic N) is 1. The molecule has 2 aromatic rings. The number of halogens is 1. The smallest absolute Gasteiger partial charge is 0.264 e. The van der Waals surface area contributed by atoms with Crippen molar-refractivity contribution in [1.82, 2.24) is 10.2 Å². The lowest BCUT2D eigenvalue weighted by Crippen LogP contribution is -2.53. The van der Waals surface area contributed by atoms with Crippen molar-refractivity contribution in [2.75, 3.05) is 19.0 Å². The second-order valence-electron chi connectivity index (χ2n) is 6.27. The minimum absolute atomic E-state index is 0.0367. The second-order valence-corrected chi connectivity index (χ2v) is 8.77. The van der Waals surface area contributed by atoms with Gasteiger partial charge in [0.05, 0.1) is 9.38 Å². The maximum atomic E-state index is 12.9. The highest BCUT2D eigenvalue weighted by Gasteiger charge is 2.43. The predicted molar refractivity (Wildman–Crippen MR) is 103 cm³/mol. The Morgan fingerprint density at radius 1 is 1.19 bits per heavy atom. The lowest BCUT2D eigenvalue weighted by Gasteiger charge is -2.22. The number of anilines is 1. The summed E-state index contributed by atoms with van der Waals surface area (Å²) < 4.78 is 28.3. The van der Waals surface area contributed by atoms with Crippen LogP contribution in [0, 0.1) is 0 Å². The molecule has 2 aromatic carbocycles. The first-order valence-electron chi connectivity index (χ1n) is 7.72. The van der Waals surface area contributed by atoms with Crippen molar-refractivity contribution in [1.29, 1.82) is 0 Å². The number of fused-ring (bicyclic) bond motifs is 1. The van der Waals surface area contributed by atoms with E-state index in [0.29, 0.717) is 9.87 Å². The Morgan fingerprint density at radius 3 is 2.46 bits per heavy atom. The van der Waals surface area contributed by atoms with E-state index in [9.17, 15) is 13.2 Å². The van der Waals surface area contributed by atoms with Gasteiger partial charge in [0.2, 0.25) is 0 Å². The highest BCUT2D eigenvalue weighted by atomic mass is 79.9. The van der Waals surface area contributed by atoms with Gasteiger partial charge in [0.25, 0.3) is 15.9 Å². The van der Waals surface area contributed by atoms with Crippen molar-refractivity contribution in [3.63, 3.8) is 0 Å². The van der Waals surface area contributed by atoms with Gasteiger partial charge in [0.1, 0.15) is 6.26 Å². The molecule has 0 radical (unpaired) electrons. The summed E-state index contributed by atoms with van der Waals surface area (Å²) in [6.07, 6.45) is 1.30. The topological polar surface area (TPSA) is 87.7 Å². The van der Waals surface area contributed by atoms with E-state index in [1.54, 1.807) is 18.2 Å². The average molecular weight is 440 g/mol. The van der Waals surface area contributed by atoms with Crippen molar-refractivity contribution < 1.29 is 18.0 Å². The van der Waals surface area contributed by atoms with E-state index in [1.165, 1.54) is 19.3 Å². The monoisotopic (exact) mass is 439 g/mol. The van der Waals surface area contributed by atoms with Crippen LogP contribution in [0.15, 0.2) is 52.0 Å². The first-order chi connectivity index (χ1) is 12.2. The molecule has 0 aromatic heterocycles. The number of carbonyl (C=O) groups excluding carboxylic acids is 1. The molecule has 0 saturated heterocycles. The van der Waals surface area contributed by atoms with E-state index < -0.39 is 21.5 Å². The Morgan fingerprint density at radius 2 is 1.85 bits per heavy atom. The first kappa shape index (κ1) is 18.7. The van der Waals surface area contributed by atoms with E-state index in [1.807, 2.05) is 31.1 Å². The van der Waals surface area contributed by atoms with Gasteiger partial charge in [-0.3, -0.25) is 4.79 Å². The number of hydrogen-bond donors (Lipinski definition) is 2. The molecule has 1 aliphatic heterocycles. The molecule has 1 aliphatic rings. The summed E-state index contributed by atoms with van der Waals surface area (Å²) in [6, 6.07) is 10.4. The van der Waals surface area contributed by atoms with Gasteiger partial charge >= 0.3 is 0 Å². The number of nitrogens with one attached hydrogen (secondary N) is 2. The quantitative estimate of drug-likeness (QED) is 0.759. The number of amides is 1. The molecule has 138 valence electrons. The normalized spacial score (nSPS) is 19.8. The summed E-state index contributed by atoms with van der Waals surface area (Å²) in [7, 11) is -0.323. The van der Waals surface area contributed by atoms with Gasteiger partial charge in [-0.15, -0.1) is 5.48 Å². The van der Waals surface area contributed by atoms with E-state index in [-0.39, 0.29) is 4.90 Å². The van der Waals surface area contributed by atoms with E-state index >= 15 is 0 Å². The van der Waals surface area contributed by atoms with Crippen molar-refractivity contribution in [3.8, 4) is 0 Å². The number of carbonyl (C=O) groups is 1. The third-order valence-electron chi connectivity index (χ3n) is 4.21. The summed E-state index contributed by atoms with van der Waals surface area (Å²) in [5, 5.41) is 1.32. The molecule has 0 spiro atoms. The fraction of sp³-hybridized carbons (Fsp3) is 0.235. The SMILES string of the molecule is CN(C)c1cccc2c(S(=O)(=O)NC(=O)C3(C)NOC=C3Br)cccc12. The molecule has 0 bridgehead atoms. The van der Waals surface area contributed by atoms with Gasteiger partial charge in [-0.25, -0.2) is 13.1 Å². The van der Waals surface area contributed by atoms with E-state index in [2.05, 4.69) is 26.1 Å². The fourth-order valence-corrected chi connectivity index (χ4v) is 4.33. The van der Waals surface area contributed by atoms with Gasteiger partial charge in [0, 0.05) is 30.6 Å². The summed E-state index contributed by atoms with van der Waals surface area (Å²) >= 11 is 3.20. The lowest BCUT2D eigenvalue weighted by atomic mass is 10.0. The Hall–Kier alpha value is -2.10. The maximum Gasteiger partial charge on any atom is 0.264 e. The Bertz CT molecular complexity index is 1020. The second kappa shape index (κ2) is 6.57. The minimum atomic E-state index is -4.09. The van der Waals surface area contributed by atoms with Crippen LogP contribution >= 0.6 is 15.9 Å². The average Bonchev–Trinajstić information content (AvgIpc) is 2.93. The molecule has 1 atom stereocenters. The van der Waals surface area contributed by atoms with Crippen LogP contribution in [-0.4, -0.2) is 34.0 Å². The first-order valence-corrected chi connectivity index (χ1v) is 10.00. The molecular weight excluding hydrogens is 422 g/mol. The minimum Gasteiger partial charge on any atom is -0.414 e. The van der Waals surface area contributed by atoms with E-state index in [4.69, 9.17) is 4.84 Å². The molecule has 1 unspecified atom stereocenters. The summed E-state index contributed by atoms with van der Waals surface area (Å²) in [4.78, 5) is 19.4. The van der Waals surface area contributed by atoms with Crippen LogP contribution in [-0.2, 0) is 19.7 Å². The molecule has 0 saturated carbocycles. The van der Waals surface area contributed by atoms with Gasteiger partial charge in [-0.1, -0.05) is 24.3 Å². The molecular formula is C17H18BrN3O4S. The van der Waals surface area contributed by atoms with Crippen molar-refractivity contribution >= 4 is 48.3 Å². The summed E-state index contributed by atoms with van der Waals surface area (Å²) in [6.45, 7) is 1.51. The van der Waals surface area contributed by atoms with Crippen LogP contribution in [0.5, 0.6) is 0 Å². The zero-order chi connectivity index (χ0) is 19.1. The molecule has 26 heavy (non-hydrogen) atoms. The zero-order valence-corrected chi connectivity index (χ0v) is 16.8. The Balaban J connectivity index is 2.04. The van der Waals surface area contributed by atoms with Crippen molar-refractivity contribution in [2.24, 2.45) is 0 Å². The number of rotatable bonds is 4. The number of hydrogen-bond acceptors (Lipinski definition) is 6. The highest BCUT2D eigenvalue weighted by molar-refractivity contribution is 9.11. The molecule has 1 heterocycles. The molecule has 2 N–H and O–H groups in total. The largest absolute Gasteiger partial charge is 0.414 e. The third kappa shape index (κ3) is 3.06. The third-order valence-corrected chi connectivity index (χ3v) is 6.58. The van der Waals surface area contributed by atoms with Gasteiger partial charge in [0.15, 0.2) is 5.54 Å². The van der Waals surface area contributed by atoms with Crippen LogP contribution in [0.2, 0.25) is 0 Å².